The van der Waals surface area contributed by atoms with Crippen LogP contribution in [0.3, 0.4) is 0 Å². The van der Waals surface area contributed by atoms with Crippen LogP contribution in [0.4, 0.5) is 0 Å². The zero-order valence-corrected chi connectivity index (χ0v) is 20.1. The molecule has 2 unspecified atom stereocenters. The van der Waals surface area contributed by atoms with E-state index in [1.54, 1.807) is 0 Å². The number of carbonyl (C=O) groups excluding carboxylic acids is 2. The summed E-state index contributed by atoms with van der Waals surface area (Å²) in [6.45, 7) is 10.6. The van der Waals surface area contributed by atoms with Crippen LogP contribution < -0.4 is 0 Å². The number of hydrogen-bond acceptors (Lipinski definition) is 4. The van der Waals surface area contributed by atoms with Gasteiger partial charge in [0.2, 0.25) is 0 Å². The van der Waals surface area contributed by atoms with Crippen LogP contribution in [-0.2, 0) is 19.1 Å². The van der Waals surface area contributed by atoms with Crippen LogP contribution in [0.15, 0.2) is 12.2 Å². The summed E-state index contributed by atoms with van der Waals surface area (Å²) in [7, 11) is 0. The Balaban J connectivity index is 1.24. The van der Waals surface area contributed by atoms with Crippen molar-refractivity contribution in [1.82, 2.24) is 0 Å². The maximum Gasteiger partial charge on any atom is 0.334 e. The van der Waals surface area contributed by atoms with Crippen LogP contribution >= 0.6 is 0 Å². The first-order valence-corrected chi connectivity index (χ1v) is 13.0. The molecule has 2 saturated carbocycles. The van der Waals surface area contributed by atoms with Crippen molar-refractivity contribution in [1.29, 1.82) is 0 Å². The molecule has 3 rings (SSSR count). The number of fused-ring (bicyclic) bond motifs is 2. The average Bonchev–Trinajstić information content (AvgIpc) is 3.21. The van der Waals surface area contributed by atoms with Gasteiger partial charge in [-0.2, -0.15) is 0 Å². The minimum Gasteiger partial charge on any atom is -0.463 e. The summed E-state index contributed by atoms with van der Waals surface area (Å²) in [5.41, 5.74) is 0.961. The Morgan fingerprint density at radius 3 is 2.48 bits per heavy atom. The Bertz CT molecular complexity index is 641. The minimum absolute atomic E-state index is 0.00962. The van der Waals surface area contributed by atoms with Gasteiger partial charge in [-0.05, 0) is 56.3 Å². The molecule has 0 amide bonds. The number of unbranched alkanes of at least 4 members (excludes halogenated alkanes) is 8. The molecule has 0 aromatic rings. The Kier molecular flexibility index (Phi) is 8.64. The lowest BCUT2D eigenvalue weighted by Gasteiger charge is -2.27. The van der Waals surface area contributed by atoms with E-state index in [0.29, 0.717) is 23.8 Å². The summed E-state index contributed by atoms with van der Waals surface area (Å²) in [6.07, 6.45) is 15.9. The van der Waals surface area contributed by atoms with Crippen LogP contribution in [-0.4, -0.2) is 24.1 Å². The quantitative estimate of drug-likeness (QED) is 0.173. The molecule has 0 aromatic heterocycles. The molecule has 6 atom stereocenters. The Labute approximate surface area is 189 Å². The number of carbonyl (C=O) groups is 2. The molecule has 176 valence electrons. The van der Waals surface area contributed by atoms with Crippen LogP contribution in [0, 0.1) is 23.2 Å². The zero-order chi connectivity index (χ0) is 22.4. The van der Waals surface area contributed by atoms with E-state index in [1.807, 2.05) is 6.92 Å². The fourth-order valence-electron chi connectivity index (χ4n) is 6.22. The first-order chi connectivity index (χ1) is 14.9. The lowest BCUT2D eigenvalue weighted by molar-refractivity contribution is -0.148. The highest BCUT2D eigenvalue weighted by atomic mass is 16.6. The van der Waals surface area contributed by atoms with Gasteiger partial charge in [0.05, 0.1) is 6.10 Å². The molecule has 4 heteroatoms. The van der Waals surface area contributed by atoms with Gasteiger partial charge in [0.1, 0.15) is 6.10 Å². The third kappa shape index (κ3) is 6.14. The Morgan fingerprint density at radius 1 is 1.16 bits per heavy atom. The van der Waals surface area contributed by atoms with Gasteiger partial charge >= 0.3 is 11.9 Å². The third-order valence-corrected chi connectivity index (χ3v) is 8.34. The lowest BCUT2D eigenvalue weighted by Crippen LogP contribution is -2.26. The maximum atomic E-state index is 12.2. The van der Waals surface area contributed by atoms with Crippen molar-refractivity contribution in [2.24, 2.45) is 23.2 Å². The highest BCUT2D eigenvalue weighted by molar-refractivity contribution is 5.90. The molecule has 0 aromatic carbocycles. The molecule has 4 nitrogen and oxygen atoms in total. The van der Waals surface area contributed by atoms with Gasteiger partial charge in [-0.3, -0.25) is 4.79 Å². The summed E-state index contributed by atoms with van der Waals surface area (Å²) < 4.78 is 11.2. The van der Waals surface area contributed by atoms with Gasteiger partial charge in [-0.25, -0.2) is 4.79 Å². The predicted octanol–water partition coefficient (Wildman–Crippen LogP) is 6.76. The number of ether oxygens (including phenoxy) is 2. The van der Waals surface area contributed by atoms with Crippen molar-refractivity contribution in [3.63, 3.8) is 0 Å². The maximum absolute atomic E-state index is 12.2. The van der Waals surface area contributed by atoms with Crippen molar-refractivity contribution in [3.8, 4) is 0 Å². The molecule has 31 heavy (non-hydrogen) atoms. The predicted molar refractivity (Wildman–Crippen MR) is 123 cm³/mol. The number of hydrogen-bond donors (Lipinski definition) is 0. The highest BCUT2D eigenvalue weighted by Gasteiger charge is 2.66. The summed E-state index contributed by atoms with van der Waals surface area (Å²) in [5.74, 6) is 1.31. The molecule has 3 aliphatic rings. The van der Waals surface area contributed by atoms with E-state index in [1.165, 1.54) is 44.9 Å². The normalized spacial score (nSPS) is 32.2. The monoisotopic (exact) mass is 432 g/mol. The average molecular weight is 433 g/mol. The first kappa shape index (κ1) is 24.3. The van der Waals surface area contributed by atoms with Gasteiger partial charge in [0, 0.05) is 17.9 Å². The van der Waals surface area contributed by atoms with E-state index in [2.05, 4.69) is 20.4 Å². The van der Waals surface area contributed by atoms with Crippen molar-refractivity contribution in [3.05, 3.63) is 12.2 Å². The lowest BCUT2D eigenvalue weighted by atomic mass is 9.79. The summed E-state index contributed by atoms with van der Waals surface area (Å²) in [4.78, 5) is 23.9. The first-order valence-electron chi connectivity index (χ1n) is 13.0. The molecule has 0 radical (unpaired) electrons. The molecule has 0 spiro atoms. The molecular weight excluding hydrogens is 388 g/mol. The van der Waals surface area contributed by atoms with E-state index in [-0.39, 0.29) is 35.5 Å². The third-order valence-electron chi connectivity index (χ3n) is 8.34. The van der Waals surface area contributed by atoms with Crippen molar-refractivity contribution in [2.75, 3.05) is 0 Å². The second-order valence-corrected chi connectivity index (χ2v) is 10.7. The SMILES string of the molecule is C=C1C(=O)O[C@@H]2C[C@]3(C)C(CCC(C)OC(=O)CCCCCCCCCCC)[C@@H]3C[C@H]12. The van der Waals surface area contributed by atoms with Gasteiger partial charge in [0.25, 0.3) is 0 Å². The Hall–Kier alpha value is -1.32. The second-order valence-electron chi connectivity index (χ2n) is 10.7. The molecule has 1 aliphatic heterocycles. The molecule has 0 N–H and O–H groups in total. The molecule has 1 heterocycles. The number of esters is 2. The fraction of sp³-hybridized carbons (Fsp3) is 0.852. The summed E-state index contributed by atoms with van der Waals surface area (Å²) in [6, 6.07) is 0. The smallest absolute Gasteiger partial charge is 0.334 e. The topological polar surface area (TPSA) is 52.6 Å². The van der Waals surface area contributed by atoms with Crippen LogP contribution in [0.5, 0.6) is 0 Å². The molecule has 0 bridgehead atoms. The standard InChI is InChI=1S/C27H44O4/c1-5-6-7-8-9-10-11-12-13-14-25(28)30-19(2)15-16-22-23-17-21-20(3)26(29)31-24(21)18-27(22,23)4/h19,21-24H,3,5-18H2,1-2,4H3/t19?,21-,22?,23+,24-,27-/m1/s1. The van der Waals surface area contributed by atoms with Gasteiger partial charge < -0.3 is 9.47 Å². The minimum atomic E-state index is -0.191. The highest BCUT2D eigenvalue weighted by Crippen LogP contribution is 2.70. The molecule has 2 aliphatic carbocycles. The fourth-order valence-corrected chi connectivity index (χ4v) is 6.22. The summed E-state index contributed by atoms with van der Waals surface area (Å²) >= 11 is 0. The van der Waals surface area contributed by atoms with Crippen LogP contribution in [0.25, 0.3) is 0 Å². The van der Waals surface area contributed by atoms with E-state index in [9.17, 15) is 9.59 Å². The van der Waals surface area contributed by atoms with Gasteiger partial charge in [0.15, 0.2) is 0 Å². The van der Waals surface area contributed by atoms with Gasteiger partial charge in [-0.15, -0.1) is 0 Å². The molecular formula is C27H44O4. The van der Waals surface area contributed by atoms with Crippen LogP contribution in [0.2, 0.25) is 0 Å². The zero-order valence-electron chi connectivity index (χ0n) is 20.1. The van der Waals surface area contributed by atoms with E-state index in [4.69, 9.17) is 9.47 Å². The largest absolute Gasteiger partial charge is 0.463 e. The van der Waals surface area contributed by atoms with Crippen molar-refractivity contribution >= 4 is 11.9 Å². The molecule has 1 saturated heterocycles. The van der Waals surface area contributed by atoms with E-state index >= 15 is 0 Å². The number of rotatable bonds is 14. The van der Waals surface area contributed by atoms with Crippen LogP contribution in [0.1, 0.15) is 111 Å². The van der Waals surface area contributed by atoms with Crippen molar-refractivity contribution < 1.29 is 19.1 Å². The Morgan fingerprint density at radius 2 is 1.81 bits per heavy atom. The van der Waals surface area contributed by atoms with E-state index < -0.39 is 0 Å². The molecule has 3 fully saturated rings. The summed E-state index contributed by atoms with van der Waals surface area (Å²) in [5, 5.41) is 0. The van der Waals surface area contributed by atoms with Crippen molar-refractivity contribution in [2.45, 2.75) is 123 Å². The van der Waals surface area contributed by atoms with E-state index in [0.717, 1.165) is 38.5 Å². The van der Waals surface area contributed by atoms with Gasteiger partial charge in [-0.1, -0.05) is 71.8 Å². The second kappa shape index (κ2) is 11.0.